The molecule has 1 aromatic heterocycles. The molecule has 2 aromatic rings. The van der Waals surface area contributed by atoms with Crippen LogP contribution in [0, 0.1) is 0 Å². The molecule has 1 fully saturated rings. The number of carbonyl (C=O) groups excluding carboxylic acids is 1. The van der Waals surface area contributed by atoms with E-state index in [0.717, 1.165) is 12.8 Å². The van der Waals surface area contributed by atoms with Crippen LogP contribution in [0.3, 0.4) is 0 Å². The number of thioether (sulfide) groups is 1. The van der Waals surface area contributed by atoms with Crippen LogP contribution in [0.25, 0.3) is 0 Å². The van der Waals surface area contributed by atoms with E-state index < -0.39 is 0 Å². The molecule has 0 unspecified atom stereocenters. The van der Waals surface area contributed by atoms with E-state index in [1.165, 1.54) is 18.9 Å². The Labute approximate surface area is 137 Å². The highest BCUT2D eigenvalue weighted by Crippen LogP contribution is 2.36. The van der Waals surface area contributed by atoms with Crippen LogP contribution in [0.1, 0.15) is 29.2 Å². The number of Topliss-reactive ketones (excluding diaryl/α,β-unsaturated/α-hetero) is 1. The van der Waals surface area contributed by atoms with E-state index in [2.05, 4.69) is 10.2 Å². The second-order valence-electron chi connectivity index (χ2n) is 5.19. The number of hydrogen-bond donors (Lipinski definition) is 1. The van der Waals surface area contributed by atoms with Gasteiger partial charge in [-0.1, -0.05) is 11.8 Å². The molecule has 0 spiro atoms. The van der Waals surface area contributed by atoms with Gasteiger partial charge in [0, 0.05) is 11.6 Å². The van der Waals surface area contributed by atoms with Gasteiger partial charge in [0.15, 0.2) is 22.4 Å². The molecule has 1 aliphatic carbocycles. The number of aromatic nitrogens is 3. The van der Waals surface area contributed by atoms with Gasteiger partial charge >= 0.3 is 5.69 Å². The van der Waals surface area contributed by atoms with Gasteiger partial charge in [0.1, 0.15) is 0 Å². The average Bonchev–Trinajstić information content (AvgIpc) is 3.34. The fraction of sp³-hybridized carbons (Fsp3) is 0.400. The number of ketones is 1. The number of nitrogens with zero attached hydrogens (tertiary/aromatic N) is 2. The molecule has 3 rings (SSSR count). The molecular formula is C15H17N3O4S. The summed E-state index contributed by atoms with van der Waals surface area (Å²) in [4.78, 5) is 24.1. The van der Waals surface area contributed by atoms with E-state index in [4.69, 9.17) is 9.47 Å². The van der Waals surface area contributed by atoms with E-state index in [9.17, 15) is 9.59 Å². The standard InChI is InChI=1S/C15H17N3O4S/c1-21-12-6-3-9(7-13(12)22-2)11(19)8-23-15-17-16-14(20)18(15)10-4-5-10/h3,6-7,10H,4-5,8H2,1-2H3,(H,16,20). The maximum absolute atomic E-state index is 12.3. The van der Waals surface area contributed by atoms with Gasteiger partial charge in [0.05, 0.1) is 20.0 Å². The maximum atomic E-state index is 12.3. The van der Waals surface area contributed by atoms with Gasteiger partial charge in [-0.05, 0) is 31.0 Å². The van der Waals surface area contributed by atoms with Crippen LogP contribution < -0.4 is 15.2 Å². The number of aromatic amines is 1. The number of rotatable bonds is 7. The summed E-state index contributed by atoms with van der Waals surface area (Å²) in [5, 5.41) is 7.00. The zero-order valence-corrected chi connectivity index (χ0v) is 13.7. The molecule has 1 heterocycles. The summed E-state index contributed by atoms with van der Waals surface area (Å²) in [7, 11) is 3.07. The van der Waals surface area contributed by atoms with E-state index in [0.29, 0.717) is 22.2 Å². The van der Waals surface area contributed by atoms with Crippen molar-refractivity contribution in [2.75, 3.05) is 20.0 Å². The third kappa shape index (κ3) is 3.26. The first-order chi connectivity index (χ1) is 11.1. The highest BCUT2D eigenvalue weighted by molar-refractivity contribution is 7.99. The minimum atomic E-state index is -0.214. The SMILES string of the molecule is COc1ccc(C(=O)CSc2n[nH]c(=O)n2C2CC2)cc1OC. The average molecular weight is 335 g/mol. The molecule has 0 saturated heterocycles. The third-order valence-corrected chi connectivity index (χ3v) is 4.57. The topological polar surface area (TPSA) is 86.2 Å². The number of benzene rings is 1. The summed E-state index contributed by atoms with van der Waals surface area (Å²) < 4.78 is 12.0. The summed E-state index contributed by atoms with van der Waals surface area (Å²) >= 11 is 1.26. The quantitative estimate of drug-likeness (QED) is 0.614. The molecule has 0 atom stereocenters. The van der Waals surface area contributed by atoms with Gasteiger partial charge < -0.3 is 9.47 Å². The van der Waals surface area contributed by atoms with Crippen molar-refractivity contribution in [2.45, 2.75) is 24.0 Å². The molecule has 0 amide bonds. The Balaban J connectivity index is 1.71. The lowest BCUT2D eigenvalue weighted by Gasteiger charge is -2.09. The molecule has 122 valence electrons. The molecule has 0 radical (unpaired) electrons. The molecule has 1 saturated carbocycles. The maximum Gasteiger partial charge on any atom is 0.344 e. The van der Waals surface area contributed by atoms with Crippen LogP contribution in [-0.4, -0.2) is 40.5 Å². The largest absolute Gasteiger partial charge is 0.493 e. The smallest absolute Gasteiger partial charge is 0.344 e. The van der Waals surface area contributed by atoms with Crippen LogP contribution in [0.15, 0.2) is 28.2 Å². The predicted octanol–water partition coefficient (Wildman–Crippen LogP) is 1.90. The van der Waals surface area contributed by atoms with Crippen LogP contribution in [-0.2, 0) is 0 Å². The monoisotopic (exact) mass is 335 g/mol. The summed E-state index contributed by atoms with van der Waals surface area (Å²) in [6.45, 7) is 0. The number of nitrogens with one attached hydrogen (secondary N) is 1. The van der Waals surface area contributed by atoms with Crippen LogP contribution in [0.2, 0.25) is 0 Å². The first-order valence-corrected chi connectivity index (χ1v) is 8.17. The van der Waals surface area contributed by atoms with Crippen molar-refractivity contribution in [2.24, 2.45) is 0 Å². The van der Waals surface area contributed by atoms with Gasteiger partial charge in [-0.2, -0.15) is 0 Å². The molecule has 1 N–H and O–H groups in total. The Morgan fingerprint density at radius 1 is 1.35 bits per heavy atom. The Morgan fingerprint density at radius 2 is 2.09 bits per heavy atom. The fourth-order valence-electron chi connectivity index (χ4n) is 2.27. The van der Waals surface area contributed by atoms with Crippen LogP contribution in [0.5, 0.6) is 11.5 Å². The van der Waals surface area contributed by atoms with Crippen molar-refractivity contribution < 1.29 is 14.3 Å². The molecular weight excluding hydrogens is 318 g/mol. The van der Waals surface area contributed by atoms with Gasteiger partial charge in [-0.3, -0.25) is 9.36 Å². The first-order valence-electron chi connectivity index (χ1n) is 7.19. The fourth-order valence-corrected chi connectivity index (χ4v) is 3.18. The lowest BCUT2D eigenvalue weighted by atomic mass is 10.1. The molecule has 7 nitrogen and oxygen atoms in total. The number of carbonyl (C=O) groups is 1. The predicted molar refractivity (Wildman–Crippen MR) is 85.7 cm³/mol. The molecule has 1 aromatic carbocycles. The Kier molecular flexibility index (Phi) is 4.42. The highest BCUT2D eigenvalue weighted by atomic mass is 32.2. The second-order valence-corrected chi connectivity index (χ2v) is 6.14. The number of ether oxygens (including phenoxy) is 2. The van der Waals surface area contributed by atoms with Crippen molar-refractivity contribution in [3.05, 3.63) is 34.2 Å². The minimum absolute atomic E-state index is 0.0613. The zero-order valence-electron chi connectivity index (χ0n) is 12.9. The summed E-state index contributed by atoms with van der Waals surface area (Å²) in [5.74, 6) is 1.23. The van der Waals surface area contributed by atoms with Gasteiger partial charge in [0.25, 0.3) is 0 Å². The normalized spacial score (nSPS) is 13.8. The van der Waals surface area contributed by atoms with Crippen molar-refractivity contribution >= 4 is 17.5 Å². The second kappa shape index (κ2) is 6.49. The third-order valence-electron chi connectivity index (χ3n) is 3.62. The molecule has 8 heteroatoms. The molecule has 0 bridgehead atoms. The Morgan fingerprint density at radius 3 is 2.74 bits per heavy atom. The molecule has 1 aliphatic rings. The van der Waals surface area contributed by atoms with E-state index in [1.54, 1.807) is 29.9 Å². The van der Waals surface area contributed by atoms with E-state index >= 15 is 0 Å². The molecule has 0 aliphatic heterocycles. The van der Waals surface area contributed by atoms with Crippen molar-refractivity contribution in [3.8, 4) is 11.5 Å². The highest BCUT2D eigenvalue weighted by Gasteiger charge is 2.28. The minimum Gasteiger partial charge on any atom is -0.493 e. The lowest BCUT2D eigenvalue weighted by Crippen LogP contribution is -2.16. The van der Waals surface area contributed by atoms with Crippen molar-refractivity contribution in [1.82, 2.24) is 14.8 Å². The Hall–Kier alpha value is -2.22. The van der Waals surface area contributed by atoms with Gasteiger partial charge in [-0.15, -0.1) is 5.10 Å². The first kappa shape index (κ1) is 15.7. The van der Waals surface area contributed by atoms with Crippen LogP contribution in [0.4, 0.5) is 0 Å². The summed E-state index contributed by atoms with van der Waals surface area (Å²) in [6.07, 6.45) is 1.97. The van der Waals surface area contributed by atoms with Crippen LogP contribution >= 0.6 is 11.8 Å². The summed E-state index contributed by atoms with van der Waals surface area (Å²) in [6, 6.07) is 5.27. The van der Waals surface area contributed by atoms with Gasteiger partial charge in [-0.25, -0.2) is 9.89 Å². The number of methoxy groups -OCH3 is 2. The van der Waals surface area contributed by atoms with E-state index in [1.807, 2.05) is 0 Å². The van der Waals surface area contributed by atoms with Crippen molar-refractivity contribution in [1.29, 1.82) is 0 Å². The van der Waals surface area contributed by atoms with Crippen molar-refractivity contribution in [3.63, 3.8) is 0 Å². The van der Waals surface area contributed by atoms with E-state index in [-0.39, 0.29) is 23.3 Å². The summed E-state index contributed by atoms with van der Waals surface area (Å²) in [5.41, 5.74) is 0.319. The zero-order chi connectivity index (χ0) is 16.4. The molecule has 23 heavy (non-hydrogen) atoms. The Bertz CT molecular complexity index is 779. The lowest BCUT2D eigenvalue weighted by molar-refractivity contribution is 0.102. The van der Waals surface area contributed by atoms with Gasteiger partial charge in [0.2, 0.25) is 0 Å². The number of hydrogen-bond acceptors (Lipinski definition) is 6. The number of H-pyrrole nitrogens is 1.